The van der Waals surface area contributed by atoms with Crippen molar-refractivity contribution in [3.8, 4) is 17.2 Å². The Kier molecular flexibility index (Phi) is 6.43. The Morgan fingerprint density at radius 3 is 2.54 bits per heavy atom. The smallest absolute Gasteiger partial charge is 0.323 e. The molecule has 1 aliphatic rings. The molecule has 184 valence electrons. The Labute approximate surface area is 213 Å². The van der Waals surface area contributed by atoms with Crippen molar-refractivity contribution in [3.63, 3.8) is 0 Å². The molecule has 8 nitrogen and oxygen atoms in total. The SMILES string of the molecule is N#Cc1ccc(-c2cccc(CC(=O)[C@@H]3CCCN3C(=O)Nc3cn(C(N)=O)c4ccccc34)c2)cc1. The van der Waals surface area contributed by atoms with Gasteiger partial charge in [0.15, 0.2) is 5.78 Å². The predicted molar refractivity (Wildman–Crippen MR) is 141 cm³/mol. The fourth-order valence-corrected chi connectivity index (χ4v) is 4.91. The molecule has 1 aromatic heterocycles. The van der Waals surface area contributed by atoms with Gasteiger partial charge in [-0.25, -0.2) is 9.59 Å². The van der Waals surface area contributed by atoms with Crippen LogP contribution in [0, 0.1) is 11.3 Å². The molecule has 4 aromatic rings. The minimum atomic E-state index is -0.644. The number of likely N-dealkylation sites (tertiary alicyclic amines) is 1. The van der Waals surface area contributed by atoms with Gasteiger partial charge in [-0.2, -0.15) is 5.26 Å². The second kappa shape index (κ2) is 9.99. The molecule has 0 aliphatic carbocycles. The van der Waals surface area contributed by atoms with Crippen LogP contribution in [0.3, 0.4) is 0 Å². The number of fused-ring (bicyclic) bond motifs is 1. The van der Waals surface area contributed by atoms with Crippen molar-refractivity contribution in [1.29, 1.82) is 5.26 Å². The van der Waals surface area contributed by atoms with Crippen LogP contribution in [-0.2, 0) is 11.2 Å². The quantitative estimate of drug-likeness (QED) is 0.412. The maximum Gasteiger partial charge on any atom is 0.323 e. The third-order valence-electron chi connectivity index (χ3n) is 6.73. The number of para-hydroxylation sites is 1. The van der Waals surface area contributed by atoms with Crippen molar-refractivity contribution in [3.05, 3.63) is 90.1 Å². The summed E-state index contributed by atoms with van der Waals surface area (Å²) < 4.78 is 1.29. The van der Waals surface area contributed by atoms with E-state index in [1.807, 2.05) is 42.5 Å². The van der Waals surface area contributed by atoms with Gasteiger partial charge in [0, 0.05) is 24.5 Å². The number of aromatic nitrogens is 1. The molecule has 0 unspecified atom stereocenters. The standard InChI is InChI=1S/C29H25N5O3/c30-17-19-10-12-21(13-11-19)22-6-3-5-20(15-22)16-27(35)26-9-4-14-33(26)29(37)32-24-18-34(28(31)36)25-8-2-1-7-23(24)25/h1-3,5-8,10-13,15,18,26H,4,9,14,16H2,(H2,31,36)(H,32,37)/t26-/m0/s1. The van der Waals surface area contributed by atoms with E-state index in [0.717, 1.165) is 23.1 Å². The van der Waals surface area contributed by atoms with E-state index in [1.165, 1.54) is 10.8 Å². The molecule has 0 spiro atoms. The van der Waals surface area contributed by atoms with Crippen molar-refractivity contribution >= 4 is 34.4 Å². The fraction of sp³-hybridized carbons (Fsp3) is 0.172. The topological polar surface area (TPSA) is 121 Å². The summed E-state index contributed by atoms with van der Waals surface area (Å²) in [6.45, 7) is 0.474. The second-order valence-corrected chi connectivity index (χ2v) is 9.08. The van der Waals surface area contributed by atoms with Gasteiger partial charge in [0.25, 0.3) is 0 Å². The Morgan fingerprint density at radius 2 is 1.78 bits per heavy atom. The molecule has 3 aromatic carbocycles. The zero-order valence-electron chi connectivity index (χ0n) is 20.1. The summed E-state index contributed by atoms with van der Waals surface area (Å²) in [5, 5.41) is 12.6. The van der Waals surface area contributed by atoms with E-state index in [2.05, 4.69) is 11.4 Å². The average Bonchev–Trinajstić information content (AvgIpc) is 3.55. The highest BCUT2D eigenvalue weighted by Crippen LogP contribution is 2.28. The second-order valence-electron chi connectivity index (χ2n) is 9.08. The van der Waals surface area contributed by atoms with E-state index in [4.69, 9.17) is 11.0 Å². The highest BCUT2D eigenvalue weighted by atomic mass is 16.2. The number of nitrogens with one attached hydrogen (secondary N) is 1. The molecule has 0 saturated carbocycles. The zero-order valence-corrected chi connectivity index (χ0v) is 20.1. The number of urea groups is 1. The monoisotopic (exact) mass is 491 g/mol. The van der Waals surface area contributed by atoms with Crippen LogP contribution in [0.2, 0.25) is 0 Å². The Morgan fingerprint density at radius 1 is 1.00 bits per heavy atom. The molecule has 2 heterocycles. The van der Waals surface area contributed by atoms with E-state index in [0.29, 0.717) is 35.1 Å². The van der Waals surface area contributed by atoms with E-state index in [1.54, 1.807) is 35.2 Å². The average molecular weight is 492 g/mol. The lowest BCUT2D eigenvalue weighted by atomic mass is 9.97. The highest BCUT2D eigenvalue weighted by Gasteiger charge is 2.34. The first kappa shape index (κ1) is 23.8. The number of nitrogens with two attached hydrogens (primary N) is 1. The molecular weight excluding hydrogens is 466 g/mol. The number of carbonyl (C=O) groups excluding carboxylic acids is 3. The normalized spacial score (nSPS) is 14.9. The van der Waals surface area contributed by atoms with Gasteiger partial charge in [0.05, 0.1) is 28.9 Å². The molecule has 1 saturated heterocycles. The van der Waals surface area contributed by atoms with Gasteiger partial charge in [-0.05, 0) is 47.7 Å². The van der Waals surface area contributed by atoms with Crippen molar-refractivity contribution in [2.45, 2.75) is 25.3 Å². The van der Waals surface area contributed by atoms with Gasteiger partial charge in [-0.15, -0.1) is 0 Å². The third-order valence-corrected chi connectivity index (χ3v) is 6.73. The molecular formula is C29H25N5O3. The summed E-state index contributed by atoms with van der Waals surface area (Å²) >= 11 is 0. The van der Waals surface area contributed by atoms with Crippen LogP contribution in [0.1, 0.15) is 24.0 Å². The van der Waals surface area contributed by atoms with Crippen LogP contribution < -0.4 is 11.1 Å². The van der Waals surface area contributed by atoms with Crippen LogP contribution in [-0.4, -0.2) is 39.9 Å². The van der Waals surface area contributed by atoms with Crippen LogP contribution >= 0.6 is 0 Å². The first-order valence-corrected chi connectivity index (χ1v) is 12.0. The predicted octanol–water partition coefficient (Wildman–Crippen LogP) is 4.91. The number of Topliss-reactive ketones (excluding diaryl/α,β-unsaturated/α-hetero) is 1. The number of nitrogens with zero attached hydrogens (tertiary/aromatic N) is 3. The molecule has 1 atom stereocenters. The number of primary amides is 1. The van der Waals surface area contributed by atoms with Crippen LogP contribution in [0.5, 0.6) is 0 Å². The maximum absolute atomic E-state index is 13.3. The van der Waals surface area contributed by atoms with Crippen LogP contribution in [0.15, 0.2) is 79.0 Å². The van der Waals surface area contributed by atoms with Crippen molar-refractivity contribution in [2.24, 2.45) is 5.73 Å². The van der Waals surface area contributed by atoms with E-state index < -0.39 is 12.1 Å². The number of anilines is 1. The molecule has 0 radical (unpaired) electrons. The minimum absolute atomic E-state index is 0.0239. The summed E-state index contributed by atoms with van der Waals surface area (Å²) in [4.78, 5) is 39.9. The molecule has 8 heteroatoms. The van der Waals surface area contributed by atoms with Crippen molar-refractivity contribution in [2.75, 3.05) is 11.9 Å². The number of hydrogen-bond acceptors (Lipinski definition) is 4. The fourth-order valence-electron chi connectivity index (χ4n) is 4.91. The van der Waals surface area contributed by atoms with Gasteiger partial charge in [-0.3, -0.25) is 9.36 Å². The lowest BCUT2D eigenvalue weighted by Gasteiger charge is -2.24. The number of rotatable bonds is 5. The Balaban J connectivity index is 1.31. The molecule has 5 rings (SSSR count). The summed E-state index contributed by atoms with van der Waals surface area (Å²) in [7, 11) is 0. The molecule has 3 N–H and O–H groups in total. The number of carbonyl (C=O) groups is 3. The summed E-state index contributed by atoms with van der Waals surface area (Å²) in [6, 6.07) is 22.8. The first-order valence-electron chi connectivity index (χ1n) is 12.0. The van der Waals surface area contributed by atoms with Crippen molar-refractivity contribution in [1.82, 2.24) is 9.47 Å². The summed E-state index contributed by atoms with van der Waals surface area (Å²) in [5.41, 5.74) is 9.93. The molecule has 1 aliphatic heterocycles. The number of benzene rings is 3. The first-order chi connectivity index (χ1) is 17.9. The van der Waals surface area contributed by atoms with Crippen molar-refractivity contribution < 1.29 is 14.4 Å². The van der Waals surface area contributed by atoms with Gasteiger partial charge in [0.2, 0.25) is 0 Å². The van der Waals surface area contributed by atoms with Gasteiger partial charge in [-0.1, -0.05) is 54.6 Å². The van der Waals surface area contributed by atoms with Gasteiger partial charge < -0.3 is 16.0 Å². The van der Waals surface area contributed by atoms with E-state index in [-0.39, 0.29) is 18.2 Å². The lowest BCUT2D eigenvalue weighted by Crippen LogP contribution is -2.43. The van der Waals surface area contributed by atoms with Gasteiger partial charge in [0.1, 0.15) is 0 Å². The minimum Gasteiger partial charge on any atom is -0.351 e. The molecule has 0 bridgehead atoms. The van der Waals surface area contributed by atoms with Gasteiger partial charge >= 0.3 is 12.1 Å². The number of amides is 3. The molecule has 3 amide bonds. The zero-order chi connectivity index (χ0) is 25.9. The Hall–Kier alpha value is -4.90. The Bertz CT molecular complexity index is 1550. The third kappa shape index (κ3) is 4.80. The van der Waals surface area contributed by atoms with E-state index >= 15 is 0 Å². The summed E-state index contributed by atoms with van der Waals surface area (Å²) in [6.07, 6.45) is 3.05. The van der Waals surface area contributed by atoms with E-state index in [9.17, 15) is 14.4 Å². The highest BCUT2D eigenvalue weighted by molar-refractivity contribution is 6.05. The molecule has 37 heavy (non-hydrogen) atoms. The number of ketones is 1. The number of nitriles is 1. The van der Waals surface area contributed by atoms with Crippen LogP contribution in [0.25, 0.3) is 22.0 Å². The molecule has 1 fully saturated rings. The maximum atomic E-state index is 13.3. The lowest BCUT2D eigenvalue weighted by molar-refractivity contribution is -0.121. The largest absolute Gasteiger partial charge is 0.351 e. The summed E-state index contributed by atoms with van der Waals surface area (Å²) in [5.74, 6) is -0.0239. The number of hydrogen-bond donors (Lipinski definition) is 2. The van der Waals surface area contributed by atoms with Crippen LogP contribution in [0.4, 0.5) is 15.3 Å².